The van der Waals surface area contributed by atoms with E-state index in [1.54, 1.807) is 0 Å². The molecule has 1 fully saturated rings. The number of hydrogen-bond donors (Lipinski definition) is 2. The van der Waals surface area contributed by atoms with Crippen molar-refractivity contribution < 1.29 is 5.11 Å². The molecule has 76 valence electrons. The molecule has 0 spiro atoms. The summed E-state index contributed by atoms with van der Waals surface area (Å²) < 4.78 is 0. The third-order valence-electron chi connectivity index (χ3n) is 2.87. The Labute approximate surface area is 85.0 Å². The SMILES string of the molecule is Cc1ccc([C@H]2CCCCN2)c(O)c1. The summed E-state index contributed by atoms with van der Waals surface area (Å²) in [5.74, 6) is 0.435. The van der Waals surface area contributed by atoms with E-state index >= 15 is 0 Å². The second-order valence-electron chi connectivity index (χ2n) is 4.06. The Morgan fingerprint density at radius 3 is 2.86 bits per heavy atom. The van der Waals surface area contributed by atoms with E-state index in [0.29, 0.717) is 11.8 Å². The molecule has 1 aliphatic heterocycles. The molecule has 1 aliphatic rings. The van der Waals surface area contributed by atoms with Gasteiger partial charge in [-0.3, -0.25) is 0 Å². The van der Waals surface area contributed by atoms with Gasteiger partial charge in [0, 0.05) is 11.6 Å². The van der Waals surface area contributed by atoms with Gasteiger partial charge in [-0.2, -0.15) is 0 Å². The van der Waals surface area contributed by atoms with Crippen LogP contribution in [0.15, 0.2) is 18.2 Å². The van der Waals surface area contributed by atoms with Gasteiger partial charge in [-0.1, -0.05) is 18.6 Å². The lowest BCUT2D eigenvalue weighted by Gasteiger charge is -2.24. The van der Waals surface area contributed by atoms with Crippen LogP contribution in [0, 0.1) is 6.92 Å². The minimum absolute atomic E-state index is 0.351. The largest absolute Gasteiger partial charge is 0.508 e. The first kappa shape index (κ1) is 9.53. The molecule has 1 heterocycles. The van der Waals surface area contributed by atoms with Gasteiger partial charge >= 0.3 is 0 Å². The summed E-state index contributed by atoms with van der Waals surface area (Å²) in [5.41, 5.74) is 2.16. The lowest BCUT2D eigenvalue weighted by atomic mass is 9.96. The van der Waals surface area contributed by atoms with Gasteiger partial charge in [0.05, 0.1) is 0 Å². The van der Waals surface area contributed by atoms with E-state index < -0.39 is 0 Å². The molecule has 1 saturated heterocycles. The molecule has 0 aliphatic carbocycles. The van der Waals surface area contributed by atoms with Crippen molar-refractivity contribution in [2.45, 2.75) is 32.2 Å². The first-order chi connectivity index (χ1) is 6.77. The molecule has 0 unspecified atom stereocenters. The van der Waals surface area contributed by atoms with Crippen LogP contribution < -0.4 is 5.32 Å². The average molecular weight is 191 g/mol. The molecule has 0 bridgehead atoms. The number of phenols is 1. The third-order valence-corrected chi connectivity index (χ3v) is 2.87. The van der Waals surface area contributed by atoms with Crippen LogP contribution in [-0.2, 0) is 0 Å². The molecule has 2 N–H and O–H groups in total. The number of aryl methyl sites for hydroxylation is 1. The standard InChI is InChI=1S/C12H17NO/c1-9-5-6-10(12(14)8-9)11-4-2-3-7-13-11/h5-6,8,11,13-14H,2-4,7H2,1H3/t11-/m1/s1. The van der Waals surface area contributed by atoms with Gasteiger partial charge in [0.1, 0.15) is 5.75 Å². The van der Waals surface area contributed by atoms with Gasteiger partial charge < -0.3 is 10.4 Å². The normalized spacial score (nSPS) is 22.2. The van der Waals surface area contributed by atoms with Crippen molar-refractivity contribution in [1.82, 2.24) is 5.32 Å². The maximum Gasteiger partial charge on any atom is 0.120 e. The van der Waals surface area contributed by atoms with E-state index in [-0.39, 0.29) is 0 Å². The summed E-state index contributed by atoms with van der Waals surface area (Å²) in [6.45, 7) is 3.07. The van der Waals surface area contributed by atoms with Crippen molar-refractivity contribution in [2.24, 2.45) is 0 Å². The highest BCUT2D eigenvalue weighted by Gasteiger charge is 2.17. The molecule has 2 heteroatoms. The lowest BCUT2D eigenvalue weighted by Crippen LogP contribution is -2.26. The molecule has 2 rings (SSSR count). The van der Waals surface area contributed by atoms with E-state index in [9.17, 15) is 5.11 Å². The number of piperidine rings is 1. The number of rotatable bonds is 1. The summed E-state index contributed by atoms with van der Waals surface area (Å²) in [7, 11) is 0. The molecule has 0 aromatic heterocycles. The number of nitrogens with one attached hydrogen (secondary N) is 1. The molecule has 0 amide bonds. The first-order valence-electron chi connectivity index (χ1n) is 5.30. The van der Waals surface area contributed by atoms with Crippen molar-refractivity contribution in [3.05, 3.63) is 29.3 Å². The van der Waals surface area contributed by atoms with Gasteiger partial charge in [0.25, 0.3) is 0 Å². The minimum atomic E-state index is 0.351. The summed E-state index contributed by atoms with van der Waals surface area (Å²) in [5, 5.41) is 13.2. The zero-order chi connectivity index (χ0) is 9.97. The Morgan fingerprint density at radius 1 is 1.36 bits per heavy atom. The summed E-state index contributed by atoms with van der Waals surface area (Å²) in [4.78, 5) is 0. The maximum absolute atomic E-state index is 9.80. The molecule has 14 heavy (non-hydrogen) atoms. The van der Waals surface area contributed by atoms with Crippen molar-refractivity contribution in [3.8, 4) is 5.75 Å². The van der Waals surface area contributed by atoms with E-state index in [4.69, 9.17) is 0 Å². The Morgan fingerprint density at radius 2 is 2.21 bits per heavy atom. The second-order valence-corrected chi connectivity index (χ2v) is 4.06. The van der Waals surface area contributed by atoms with Gasteiger partial charge in [-0.25, -0.2) is 0 Å². The van der Waals surface area contributed by atoms with Crippen LogP contribution in [0.5, 0.6) is 5.75 Å². The predicted molar refractivity (Wildman–Crippen MR) is 57.4 cm³/mol. The fraction of sp³-hybridized carbons (Fsp3) is 0.500. The van der Waals surface area contributed by atoms with Gasteiger partial charge in [-0.05, 0) is 37.9 Å². The number of phenolic OH excluding ortho intramolecular Hbond substituents is 1. The quantitative estimate of drug-likeness (QED) is 0.715. The molecule has 1 atom stereocenters. The number of aromatic hydroxyl groups is 1. The van der Waals surface area contributed by atoms with Crippen LogP contribution in [0.3, 0.4) is 0 Å². The highest BCUT2D eigenvalue weighted by Crippen LogP contribution is 2.30. The predicted octanol–water partition coefficient (Wildman–Crippen LogP) is 2.52. The van der Waals surface area contributed by atoms with Crippen LogP contribution in [0.2, 0.25) is 0 Å². The molecule has 0 radical (unpaired) electrons. The van der Waals surface area contributed by atoms with E-state index in [2.05, 4.69) is 11.4 Å². The third kappa shape index (κ3) is 1.90. The van der Waals surface area contributed by atoms with Crippen molar-refractivity contribution in [1.29, 1.82) is 0 Å². The second kappa shape index (κ2) is 4.01. The van der Waals surface area contributed by atoms with E-state index in [0.717, 1.165) is 24.1 Å². The fourth-order valence-corrected chi connectivity index (χ4v) is 2.07. The monoisotopic (exact) mass is 191 g/mol. The van der Waals surface area contributed by atoms with Crippen molar-refractivity contribution in [3.63, 3.8) is 0 Å². The van der Waals surface area contributed by atoms with E-state index in [1.807, 2.05) is 19.1 Å². The maximum atomic E-state index is 9.80. The molecule has 2 nitrogen and oxygen atoms in total. The van der Waals surface area contributed by atoms with Crippen LogP contribution in [0.25, 0.3) is 0 Å². The van der Waals surface area contributed by atoms with Crippen LogP contribution in [-0.4, -0.2) is 11.7 Å². The number of hydrogen-bond acceptors (Lipinski definition) is 2. The molecule has 1 aromatic rings. The minimum Gasteiger partial charge on any atom is -0.508 e. The van der Waals surface area contributed by atoms with Crippen LogP contribution in [0.4, 0.5) is 0 Å². The highest BCUT2D eigenvalue weighted by atomic mass is 16.3. The van der Waals surface area contributed by atoms with Crippen LogP contribution >= 0.6 is 0 Å². The summed E-state index contributed by atoms with van der Waals surface area (Å²) >= 11 is 0. The zero-order valence-electron chi connectivity index (χ0n) is 8.59. The topological polar surface area (TPSA) is 32.3 Å². The molecule has 1 aromatic carbocycles. The molecular weight excluding hydrogens is 174 g/mol. The van der Waals surface area contributed by atoms with Crippen molar-refractivity contribution >= 4 is 0 Å². The van der Waals surface area contributed by atoms with Crippen LogP contribution in [0.1, 0.15) is 36.4 Å². The smallest absolute Gasteiger partial charge is 0.120 e. The van der Waals surface area contributed by atoms with Gasteiger partial charge in [-0.15, -0.1) is 0 Å². The molecular formula is C12H17NO. The summed E-state index contributed by atoms with van der Waals surface area (Å²) in [6.07, 6.45) is 3.64. The number of benzene rings is 1. The Bertz CT molecular complexity index is 316. The van der Waals surface area contributed by atoms with Gasteiger partial charge in [0.2, 0.25) is 0 Å². The Balaban J connectivity index is 2.22. The zero-order valence-corrected chi connectivity index (χ0v) is 8.59. The Kier molecular flexibility index (Phi) is 2.73. The van der Waals surface area contributed by atoms with Crippen molar-refractivity contribution in [2.75, 3.05) is 6.54 Å². The molecule has 0 saturated carbocycles. The highest BCUT2D eigenvalue weighted by molar-refractivity contribution is 5.38. The lowest BCUT2D eigenvalue weighted by molar-refractivity contribution is 0.391. The summed E-state index contributed by atoms with van der Waals surface area (Å²) in [6, 6.07) is 6.29. The average Bonchev–Trinajstić information content (AvgIpc) is 2.19. The van der Waals surface area contributed by atoms with E-state index in [1.165, 1.54) is 12.8 Å². The Hall–Kier alpha value is -1.02. The van der Waals surface area contributed by atoms with Gasteiger partial charge in [0.15, 0.2) is 0 Å². The first-order valence-corrected chi connectivity index (χ1v) is 5.30. The fourth-order valence-electron chi connectivity index (χ4n) is 2.07.